The highest BCUT2D eigenvalue weighted by molar-refractivity contribution is 5.83. The summed E-state index contributed by atoms with van der Waals surface area (Å²) in [4.78, 5) is 2.43. The van der Waals surface area contributed by atoms with Gasteiger partial charge in [0.2, 0.25) is 0 Å². The molecule has 0 amide bonds. The average molecular weight is 257 g/mol. The highest BCUT2D eigenvalue weighted by atomic mass is 15.1. The Labute approximate surface area is 115 Å². The molecule has 1 fully saturated rings. The highest BCUT2D eigenvalue weighted by Gasteiger charge is 2.26. The summed E-state index contributed by atoms with van der Waals surface area (Å²) in [6.45, 7) is 2.18. The number of aryl methyl sites for hydroxylation is 1. The number of nitrogens with two attached hydrogens (primary N) is 1. The van der Waals surface area contributed by atoms with Gasteiger partial charge in [-0.15, -0.1) is 0 Å². The van der Waals surface area contributed by atoms with Gasteiger partial charge < -0.3 is 15.2 Å². The second-order valence-corrected chi connectivity index (χ2v) is 6.08. The second-order valence-electron chi connectivity index (χ2n) is 6.08. The molecule has 3 rings (SSSR count). The van der Waals surface area contributed by atoms with Gasteiger partial charge in [0.05, 0.1) is 0 Å². The number of benzene rings is 1. The summed E-state index contributed by atoms with van der Waals surface area (Å²) >= 11 is 0. The monoisotopic (exact) mass is 257 g/mol. The van der Waals surface area contributed by atoms with Crippen molar-refractivity contribution in [2.24, 2.45) is 18.7 Å². The number of hydrogen-bond acceptors (Lipinski definition) is 2. The van der Waals surface area contributed by atoms with Crippen LogP contribution < -0.4 is 5.73 Å². The Morgan fingerprint density at radius 3 is 2.79 bits per heavy atom. The second kappa shape index (κ2) is 4.99. The van der Waals surface area contributed by atoms with E-state index >= 15 is 0 Å². The molecule has 1 saturated carbocycles. The molecule has 0 saturated heterocycles. The molecule has 0 radical (unpaired) electrons. The number of aromatic nitrogens is 1. The minimum absolute atomic E-state index is 0.455. The molecule has 0 atom stereocenters. The van der Waals surface area contributed by atoms with Gasteiger partial charge in [-0.2, -0.15) is 0 Å². The highest BCUT2D eigenvalue weighted by Crippen LogP contribution is 2.27. The first-order valence-electron chi connectivity index (χ1n) is 7.10. The molecule has 1 heterocycles. The summed E-state index contributed by atoms with van der Waals surface area (Å²) in [5, 5.41) is 1.38. The lowest BCUT2D eigenvalue weighted by atomic mass is 9.80. The van der Waals surface area contributed by atoms with Crippen LogP contribution in [0.3, 0.4) is 0 Å². The van der Waals surface area contributed by atoms with Gasteiger partial charge in [-0.25, -0.2) is 0 Å². The van der Waals surface area contributed by atoms with Crippen molar-refractivity contribution in [1.82, 2.24) is 9.47 Å². The fourth-order valence-corrected chi connectivity index (χ4v) is 3.28. The summed E-state index contributed by atoms with van der Waals surface area (Å²) in [7, 11) is 4.34. The Hall–Kier alpha value is -1.32. The Morgan fingerprint density at radius 1 is 1.32 bits per heavy atom. The maximum absolute atomic E-state index is 5.85. The lowest BCUT2D eigenvalue weighted by molar-refractivity contribution is 0.178. The number of rotatable bonds is 4. The summed E-state index contributed by atoms with van der Waals surface area (Å²) in [6.07, 6.45) is 4.65. The first-order chi connectivity index (χ1) is 9.13. The van der Waals surface area contributed by atoms with E-state index in [0.717, 1.165) is 19.0 Å². The van der Waals surface area contributed by atoms with Crippen LogP contribution >= 0.6 is 0 Å². The van der Waals surface area contributed by atoms with Crippen LogP contribution in [0.5, 0.6) is 0 Å². The predicted molar refractivity (Wildman–Crippen MR) is 80.0 cm³/mol. The van der Waals surface area contributed by atoms with Crippen molar-refractivity contribution in [2.45, 2.75) is 25.4 Å². The van der Waals surface area contributed by atoms with Crippen LogP contribution in [0, 0.1) is 5.92 Å². The summed E-state index contributed by atoms with van der Waals surface area (Å²) in [6, 6.07) is 9.08. The van der Waals surface area contributed by atoms with Crippen molar-refractivity contribution < 1.29 is 0 Å². The molecule has 2 aromatic rings. The van der Waals surface area contributed by atoms with Gasteiger partial charge in [0.1, 0.15) is 0 Å². The van der Waals surface area contributed by atoms with Crippen LogP contribution in [0.1, 0.15) is 18.4 Å². The molecule has 19 heavy (non-hydrogen) atoms. The third kappa shape index (κ3) is 2.53. The summed E-state index contributed by atoms with van der Waals surface area (Å²) < 4.78 is 2.22. The van der Waals surface area contributed by atoms with E-state index in [0.29, 0.717) is 6.04 Å². The van der Waals surface area contributed by atoms with E-state index in [1.807, 2.05) is 0 Å². The lowest BCUT2D eigenvalue weighted by Crippen LogP contribution is -2.41. The normalized spacial score (nSPS) is 22.9. The minimum Gasteiger partial charge on any atom is -0.350 e. The number of fused-ring (bicyclic) bond motifs is 1. The fourth-order valence-electron chi connectivity index (χ4n) is 3.28. The van der Waals surface area contributed by atoms with Crippen molar-refractivity contribution in [2.75, 3.05) is 13.6 Å². The van der Waals surface area contributed by atoms with E-state index < -0.39 is 0 Å². The third-order valence-corrected chi connectivity index (χ3v) is 4.26. The van der Waals surface area contributed by atoms with Crippen molar-refractivity contribution in [3.63, 3.8) is 0 Å². The van der Waals surface area contributed by atoms with Crippen molar-refractivity contribution in [3.05, 3.63) is 36.0 Å². The molecule has 0 aliphatic heterocycles. The molecule has 1 aromatic heterocycles. The first-order valence-corrected chi connectivity index (χ1v) is 7.10. The molecular weight excluding hydrogens is 234 g/mol. The quantitative estimate of drug-likeness (QED) is 0.912. The molecule has 1 aromatic carbocycles. The van der Waals surface area contributed by atoms with Crippen LogP contribution in [0.4, 0.5) is 0 Å². The topological polar surface area (TPSA) is 34.2 Å². The van der Waals surface area contributed by atoms with Gasteiger partial charge in [-0.05, 0) is 37.4 Å². The van der Waals surface area contributed by atoms with E-state index in [1.165, 1.54) is 29.3 Å². The molecule has 2 N–H and O–H groups in total. The summed E-state index contributed by atoms with van der Waals surface area (Å²) in [5.74, 6) is 0.801. The van der Waals surface area contributed by atoms with Gasteiger partial charge >= 0.3 is 0 Å². The van der Waals surface area contributed by atoms with Gasteiger partial charge in [-0.1, -0.05) is 18.2 Å². The average Bonchev–Trinajstić information content (AvgIpc) is 2.65. The predicted octanol–water partition coefficient (Wildman–Crippen LogP) is 2.35. The molecule has 0 spiro atoms. The van der Waals surface area contributed by atoms with E-state index in [2.05, 4.69) is 54.0 Å². The van der Waals surface area contributed by atoms with Crippen LogP contribution in [0.15, 0.2) is 30.5 Å². The molecule has 102 valence electrons. The Morgan fingerprint density at radius 2 is 2.05 bits per heavy atom. The smallest absolute Gasteiger partial charge is 0.0481 e. The fraction of sp³-hybridized carbons (Fsp3) is 0.500. The zero-order valence-electron chi connectivity index (χ0n) is 11.8. The van der Waals surface area contributed by atoms with Crippen LogP contribution in [0.25, 0.3) is 10.9 Å². The SMILES string of the molecule is CN(Cc1cn(C)c2ccccc12)CC1CC(N)C1. The molecule has 0 bridgehead atoms. The summed E-state index contributed by atoms with van der Waals surface area (Å²) in [5.41, 5.74) is 8.59. The standard InChI is InChI=1S/C16H23N3/c1-18(9-12-7-14(17)8-12)10-13-11-19(2)16-6-4-3-5-15(13)16/h3-6,11-12,14H,7-10,17H2,1-2H3. The van der Waals surface area contributed by atoms with E-state index in [-0.39, 0.29) is 0 Å². The molecule has 0 unspecified atom stereocenters. The van der Waals surface area contributed by atoms with Crippen LogP contribution in [-0.2, 0) is 13.6 Å². The number of nitrogens with zero attached hydrogens (tertiary/aromatic N) is 2. The maximum atomic E-state index is 5.85. The maximum Gasteiger partial charge on any atom is 0.0481 e. The minimum atomic E-state index is 0.455. The van der Waals surface area contributed by atoms with E-state index in [4.69, 9.17) is 5.73 Å². The van der Waals surface area contributed by atoms with Crippen molar-refractivity contribution >= 4 is 10.9 Å². The van der Waals surface area contributed by atoms with Gasteiger partial charge in [0.25, 0.3) is 0 Å². The van der Waals surface area contributed by atoms with Crippen LogP contribution in [0.2, 0.25) is 0 Å². The van der Waals surface area contributed by atoms with Gasteiger partial charge in [0.15, 0.2) is 0 Å². The zero-order valence-corrected chi connectivity index (χ0v) is 11.8. The molecule has 3 nitrogen and oxygen atoms in total. The number of hydrogen-bond donors (Lipinski definition) is 1. The largest absolute Gasteiger partial charge is 0.350 e. The molecule has 3 heteroatoms. The Kier molecular flexibility index (Phi) is 3.33. The zero-order chi connectivity index (χ0) is 13.4. The molecular formula is C16H23N3. The van der Waals surface area contributed by atoms with Crippen molar-refractivity contribution in [1.29, 1.82) is 0 Å². The number of para-hydroxylation sites is 1. The Balaban J connectivity index is 1.70. The van der Waals surface area contributed by atoms with Gasteiger partial charge in [-0.3, -0.25) is 0 Å². The van der Waals surface area contributed by atoms with E-state index in [1.54, 1.807) is 0 Å². The van der Waals surface area contributed by atoms with Crippen LogP contribution in [-0.4, -0.2) is 29.1 Å². The Bertz CT molecular complexity index is 566. The molecule has 1 aliphatic rings. The lowest BCUT2D eigenvalue weighted by Gasteiger charge is -2.35. The van der Waals surface area contributed by atoms with E-state index in [9.17, 15) is 0 Å². The molecule has 1 aliphatic carbocycles. The third-order valence-electron chi connectivity index (χ3n) is 4.26. The van der Waals surface area contributed by atoms with Gasteiger partial charge in [0, 0.05) is 43.3 Å². The first kappa shape index (κ1) is 12.7. The van der Waals surface area contributed by atoms with Crippen molar-refractivity contribution in [3.8, 4) is 0 Å².